The lowest BCUT2D eigenvalue weighted by atomic mass is 9.94. The molecule has 8 nitrogen and oxygen atoms in total. The highest BCUT2D eigenvalue weighted by molar-refractivity contribution is 6.01. The lowest BCUT2D eigenvalue weighted by Gasteiger charge is -2.18. The molecule has 0 radical (unpaired) electrons. The van der Waals surface area contributed by atoms with E-state index in [0.29, 0.717) is 42.8 Å². The van der Waals surface area contributed by atoms with E-state index in [0.717, 1.165) is 17.2 Å². The summed E-state index contributed by atoms with van der Waals surface area (Å²) in [7, 11) is 0. The Morgan fingerprint density at radius 1 is 1.32 bits per heavy atom. The molecule has 31 heavy (non-hydrogen) atoms. The van der Waals surface area contributed by atoms with Crippen LogP contribution in [-0.4, -0.2) is 47.5 Å². The van der Waals surface area contributed by atoms with Gasteiger partial charge >= 0.3 is 0 Å². The van der Waals surface area contributed by atoms with Gasteiger partial charge in [0.25, 0.3) is 5.91 Å². The number of likely N-dealkylation sites (tertiary alicyclic amines) is 1. The van der Waals surface area contributed by atoms with Gasteiger partial charge in [-0.25, -0.2) is 4.98 Å². The molecule has 0 unspecified atom stereocenters. The molecule has 3 rings (SSSR count). The fourth-order valence-corrected chi connectivity index (χ4v) is 3.99. The summed E-state index contributed by atoms with van der Waals surface area (Å²) in [4.78, 5) is 30.1. The topological polar surface area (TPSA) is 119 Å². The summed E-state index contributed by atoms with van der Waals surface area (Å²) in [5, 5.41) is 10.3. The molecule has 2 heterocycles. The molecule has 1 saturated heterocycles. The molecule has 1 fully saturated rings. The number of benzene rings is 1. The number of nitrogens with two attached hydrogens (primary N) is 1. The SMILES string of the molecule is CC[C@H]1CN(C(=O)CC#N)C[C@@H]1COc1nccc2cc(C(N)=O)c(OC(C)C)cc12. The van der Waals surface area contributed by atoms with Crippen molar-refractivity contribution in [2.75, 3.05) is 19.7 Å². The summed E-state index contributed by atoms with van der Waals surface area (Å²) >= 11 is 0. The first-order valence-corrected chi connectivity index (χ1v) is 10.5. The highest BCUT2D eigenvalue weighted by atomic mass is 16.5. The summed E-state index contributed by atoms with van der Waals surface area (Å²) in [6, 6.07) is 7.15. The third-order valence-electron chi connectivity index (χ3n) is 5.57. The van der Waals surface area contributed by atoms with Crippen molar-refractivity contribution in [3.05, 3.63) is 30.0 Å². The van der Waals surface area contributed by atoms with Crippen LogP contribution in [0, 0.1) is 23.2 Å². The number of amides is 2. The molecule has 0 saturated carbocycles. The molecule has 2 N–H and O–H groups in total. The van der Waals surface area contributed by atoms with E-state index in [-0.39, 0.29) is 24.3 Å². The first kappa shape index (κ1) is 22.3. The molecule has 1 aromatic heterocycles. The minimum Gasteiger partial charge on any atom is -0.490 e. The zero-order valence-corrected chi connectivity index (χ0v) is 18.1. The average Bonchev–Trinajstić information content (AvgIpc) is 3.15. The van der Waals surface area contributed by atoms with Gasteiger partial charge in [-0.1, -0.05) is 13.3 Å². The number of nitrogens with zero attached hydrogens (tertiary/aromatic N) is 3. The monoisotopic (exact) mass is 424 g/mol. The van der Waals surface area contributed by atoms with Crippen LogP contribution in [-0.2, 0) is 4.79 Å². The predicted octanol–water partition coefficient (Wildman–Crippen LogP) is 2.90. The fourth-order valence-electron chi connectivity index (χ4n) is 3.99. The smallest absolute Gasteiger partial charge is 0.252 e. The normalized spacial score (nSPS) is 18.2. The second kappa shape index (κ2) is 9.65. The van der Waals surface area contributed by atoms with Gasteiger partial charge in [0.2, 0.25) is 11.8 Å². The molecule has 2 amide bonds. The van der Waals surface area contributed by atoms with E-state index in [2.05, 4.69) is 11.9 Å². The van der Waals surface area contributed by atoms with Crippen molar-refractivity contribution in [1.29, 1.82) is 5.26 Å². The van der Waals surface area contributed by atoms with Crippen LogP contribution >= 0.6 is 0 Å². The number of carbonyl (C=O) groups is 2. The van der Waals surface area contributed by atoms with Crippen molar-refractivity contribution in [3.8, 4) is 17.7 Å². The van der Waals surface area contributed by atoms with E-state index in [1.807, 2.05) is 19.9 Å². The fraction of sp³-hybridized carbons (Fsp3) is 0.478. The molecule has 2 atom stereocenters. The largest absolute Gasteiger partial charge is 0.490 e. The van der Waals surface area contributed by atoms with Gasteiger partial charge in [0, 0.05) is 30.6 Å². The van der Waals surface area contributed by atoms with Gasteiger partial charge in [-0.15, -0.1) is 0 Å². The number of ether oxygens (including phenoxy) is 2. The van der Waals surface area contributed by atoms with Crippen LogP contribution in [0.4, 0.5) is 0 Å². The number of hydrogen-bond donors (Lipinski definition) is 1. The molecule has 2 aromatic rings. The molecule has 0 spiro atoms. The number of hydrogen-bond acceptors (Lipinski definition) is 6. The van der Waals surface area contributed by atoms with Gasteiger partial charge in [-0.3, -0.25) is 9.59 Å². The van der Waals surface area contributed by atoms with Crippen LogP contribution < -0.4 is 15.2 Å². The third kappa shape index (κ3) is 5.05. The van der Waals surface area contributed by atoms with Gasteiger partial charge < -0.3 is 20.1 Å². The molecular formula is C23H28N4O4. The van der Waals surface area contributed by atoms with Crippen LogP contribution in [0.25, 0.3) is 10.8 Å². The van der Waals surface area contributed by atoms with Gasteiger partial charge in [-0.05, 0) is 43.4 Å². The van der Waals surface area contributed by atoms with Crippen molar-refractivity contribution in [1.82, 2.24) is 9.88 Å². The second-order valence-corrected chi connectivity index (χ2v) is 8.09. The molecule has 0 aliphatic carbocycles. The summed E-state index contributed by atoms with van der Waals surface area (Å²) < 4.78 is 11.9. The van der Waals surface area contributed by atoms with E-state index in [1.54, 1.807) is 29.3 Å². The minimum atomic E-state index is -0.560. The summed E-state index contributed by atoms with van der Waals surface area (Å²) in [6.45, 7) is 7.45. The maximum absolute atomic E-state index is 12.1. The number of pyridine rings is 1. The van der Waals surface area contributed by atoms with Crippen molar-refractivity contribution < 1.29 is 19.1 Å². The summed E-state index contributed by atoms with van der Waals surface area (Å²) in [5.41, 5.74) is 5.84. The van der Waals surface area contributed by atoms with Crippen molar-refractivity contribution in [2.24, 2.45) is 17.6 Å². The Balaban J connectivity index is 1.83. The molecule has 1 aliphatic rings. The number of primary amides is 1. The third-order valence-corrected chi connectivity index (χ3v) is 5.57. The van der Waals surface area contributed by atoms with E-state index < -0.39 is 5.91 Å². The highest BCUT2D eigenvalue weighted by Gasteiger charge is 2.34. The Morgan fingerprint density at radius 2 is 2.06 bits per heavy atom. The van der Waals surface area contributed by atoms with Crippen molar-refractivity contribution in [3.63, 3.8) is 0 Å². The van der Waals surface area contributed by atoms with Crippen LogP contribution in [0.2, 0.25) is 0 Å². The van der Waals surface area contributed by atoms with Crippen LogP contribution in [0.5, 0.6) is 11.6 Å². The maximum atomic E-state index is 12.1. The van der Waals surface area contributed by atoms with Crippen molar-refractivity contribution in [2.45, 2.75) is 39.7 Å². The molecule has 1 aliphatic heterocycles. The van der Waals surface area contributed by atoms with Gasteiger partial charge in [0.1, 0.15) is 12.2 Å². The summed E-state index contributed by atoms with van der Waals surface area (Å²) in [5.74, 6) is 0.601. The second-order valence-electron chi connectivity index (χ2n) is 8.09. The zero-order chi connectivity index (χ0) is 22.5. The van der Waals surface area contributed by atoms with E-state index in [4.69, 9.17) is 20.5 Å². The molecule has 8 heteroatoms. The Hall–Kier alpha value is -3.34. The number of aromatic nitrogens is 1. The predicted molar refractivity (Wildman–Crippen MR) is 116 cm³/mol. The Morgan fingerprint density at radius 3 is 2.71 bits per heavy atom. The summed E-state index contributed by atoms with van der Waals surface area (Å²) in [6.07, 6.45) is 2.31. The molecule has 1 aromatic carbocycles. The lowest BCUT2D eigenvalue weighted by Crippen LogP contribution is -2.29. The van der Waals surface area contributed by atoms with Gasteiger partial charge in [0.05, 0.1) is 24.3 Å². The van der Waals surface area contributed by atoms with Crippen LogP contribution in [0.1, 0.15) is 44.0 Å². The van der Waals surface area contributed by atoms with E-state index in [9.17, 15) is 9.59 Å². The standard InChI is InChI=1S/C23H28N4O4/c1-4-15-11-27(21(28)5-7-24)12-17(15)13-30-23-18-10-20(31-14(2)3)19(22(25)29)9-16(18)6-8-26-23/h6,8-10,14-15,17H,4-5,11-13H2,1-3H3,(H2,25,29)/t15-,17+/m0/s1. The number of nitriles is 1. The molecule has 0 bridgehead atoms. The first-order chi connectivity index (χ1) is 14.8. The zero-order valence-electron chi connectivity index (χ0n) is 18.1. The Labute approximate surface area is 181 Å². The average molecular weight is 425 g/mol. The van der Waals surface area contributed by atoms with E-state index in [1.165, 1.54) is 0 Å². The minimum absolute atomic E-state index is 0.101. The molecular weight excluding hydrogens is 396 g/mol. The lowest BCUT2D eigenvalue weighted by molar-refractivity contribution is -0.129. The Bertz CT molecular complexity index is 1010. The van der Waals surface area contributed by atoms with Crippen molar-refractivity contribution >= 4 is 22.6 Å². The van der Waals surface area contributed by atoms with Crippen LogP contribution in [0.15, 0.2) is 24.4 Å². The number of fused-ring (bicyclic) bond motifs is 1. The highest BCUT2D eigenvalue weighted by Crippen LogP contribution is 2.33. The van der Waals surface area contributed by atoms with Gasteiger partial charge in [0.15, 0.2) is 0 Å². The van der Waals surface area contributed by atoms with Gasteiger partial charge in [-0.2, -0.15) is 5.26 Å². The molecule has 164 valence electrons. The number of carbonyl (C=O) groups excluding carboxylic acids is 2. The maximum Gasteiger partial charge on any atom is 0.252 e. The number of rotatable bonds is 8. The Kier molecular flexibility index (Phi) is 6.95. The first-order valence-electron chi connectivity index (χ1n) is 10.5. The quantitative estimate of drug-likeness (QED) is 0.696. The van der Waals surface area contributed by atoms with E-state index >= 15 is 0 Å². The van der Waals surface area contributed by atoms with Crippen LogP contribution in [0.3, 0.4) is 0 Å².